The summed E-state index contributed by atoms with van der Waals surface area (Å²) in [6.45, 7) is 0. The molecule has 3 rings (SSSR count). The Balaban J connectivity index is 2.24. The number of hydrogen-bond acceptors (Lipinski definition) is 3. The number of aromatic nitrogens is 1. The van der Waals surface area contributed by atoms with E-state index in [2.05, 4.69) is 40.8 Å². The molecule has 3 aromatic rings. The van der Waals surface area contributed by atoms with E-state index in [1.807, 2.05) is 5.38 Å². The third kappa shape index (κ3) is 1.25. The first-order valence-electron chi connectivity index (χ1n) is 4.24. The average molecular weight is 216 g/mol. The minimum atomic E-state index is 1.04. The van der Waals surface area contributed by atoms with Gasteiger partial charge >= 0.3 is 0 Å². The second kappa shape index (κ2) is 3.19. The molecule has 14 heavy (non-hydrogen) atoms. The van der Waals surface area contributed by atoms with E-state index in [4.69, 9.17) is 0 Å². The van der Waals surface area contributed by atoms with Crippen LogP contribution in [0, 0.1) is 5.51 Å². The Morgan fingerprint density at radius 2 is 2.14 bits per heavy atom. The van der Waals surface area contributed by atoms with Crippen molar-refractivity contribution in [2.45, 2.75) is 0 Å². The van der Waals surface area contributed by atoms with Crippen molar-refractivity contribution in [2.75, 3.05) is 0 Å². The Labute approximate surface area is 89.7 Å². The molecule has 0 fully saturated rings. The van der Waals surface area contributed by atoms with Crippen LogP contribution in [-0.2, 0) is 0 Å². The van der Waals surface area contributed by atoms with Crippen LogP contribution in [0.4, 0.5) is 0 Å². The summed E-state index contributed by atoms with van der Waals surface area (Å²) in [5.74, 6) is 0. The second-order valence-electron chi connectivity index (χ2n) is 2.97. The SMILES string of the molecule is [c]1nc(-c2cc3ccccc3s2)cs1. The highest BCUT2D eigenvalue weighted by atomic mass is 32.1. The monoisotopic (exact) mass is 216 g/mol. The number of thiophene rings is 1. The molecule has 0 aliphatic rings. The molecule has 0 amide bonds. The second-order valence-corrected chi connectivity index (χ2v) is 4.71. The summed E-state index contributed by atoms with van der Waals surface area (Å²) in [5, 5.41) is 3.32. The Bertz CT molecular complexity index is 518. The summed E-state index contributed by atoms with van der Waals surface area (Å²) in [5.41, 5.74) is 3.91. The fraction of sp³-hybridized carbons (Fsp3) is 0. The topological polar surface area (TPSA) is 12.9 Å². The molecule has 0 atom stereocenters. The average Bonchev–Trinajstić information content (AvgIpc) is 2.86. The summed E-state index contributed by atoms with van der Waals surface area (Å²) in [7, 11) is 0. The predicted molar refractivity (Wildman–Crippen MR) is 61.8 cm³/mol. The molecule has 67 valence electrons. The van der Waals surface area contributed by atoms with Gasteiger partial charge in [0.2, 0.25) is 0 Å². The molecule has 0 aliphatic carbocycles. The normalized spacial score (nSPS) is 10.9. The molecular weight excluding hydrogens is 210 g/mol. The van der Waals surface area contributed by atoms with Gasteiger partial charge in [-0.2, -0.15) is 0 Å². The third-order valence-electron chi connectivity index (χ3n) is 2.07. The fourth-order valence-corrected chi connectivity index (χ4v) is 3.00. The summed E-state index contributed by atoms with van der Waals surface area (Å²) in [6, 6.07) is 10.6. The molecule has 0 aliphatic heterocycles. The highest BCUT2D eigenvalue weighted by Gasteiger charge is 2.04. The Kier molecular flexibility index (Phi) is 1.85. The maximum absolute atomic E-state index is 4.19. The van der Waals surface area contributed by atoms with Crippen molar-refractivity contribution in [3.05, 3.63) is 41.2 Å². The number of nitrogens with zero attached hydrogens (tertiary/aromatic N) is 1. The van der Waals surface area contributed by atoms with Crippen LogP contribution in [0.15, 0.2) is 35.7 Å². The van der Waals surface area contributed by atoms with Gasteiger partial charge in [-0.25, -0.2) is 4.98 Å². The molecule has 3 heteroatoms. The Morgan fingerprint density at radius 1 is 1.21 bits per heavy atom. The molecular formula is C11H6NS2. The van der Waals surface area contributed by atoms with E-state index in [0.29, 0.717) is 0 Å². The quantitative estimate of drug-likeness (QED) is 0.602. The smallest absolute Gasteiger partial charge is 0.152 e. The number of rotatable bonds is 1. The van der Waals surface area contributed by atoms with E-state index in [1.165, 1.54) is 26.3 Å². The Hall–Kier alpha value is -1.19. The zero-order valence-electron chi connectivity index (χ0n) is 7.23. The van der Waals surface area contributed by atoms with Crippen molar-refractivity contribution in [3.8, 4) is 10.6 Å². The lowest BCUT2D eigenvalue weighted by molar-refractivity contribution is 1.42. The number of thiazole rings is 1. The predicted octanol–water partition coefficient (Wildman–Crippen LogP) is 3.82. The summed E-state index contributed by atoms with van der Waals surface area (Å²) >= 11 is 3.29. The van der Waals surface area contributed by atoms with Gasteiger partial charge in [-0.1, -0.05) is 18.2 Å². The van der Waals surface area contributed by atoms with E-state index in [9.17, 15) is 0 Å². The lowest BCUT2D eigenvalue weighted by Gasteiger charge is -1.84. The fourth-order valence-electron chi connectivity index (χ4n) is 1.41. The number of fused-ring (bicyclic) bond motifs is 1. The zero-order chi connectivity index (χ0) is 9.38. The maximum Gasteiger partial charge on any atom is 0.152 e. The van der Waals surface area contributed by atoms with Crippen LogP contribution in [0.2, 0.25) is 0 Å². The van der Waals surface area contributed by atoms with Gasteiger partial charge in [0.1, 0.15) is 0 Å². The van der Waals surface area contributed by atoms with Gasteiger partial charge in [0.05, 0.1) is 10.6 Å². The molecule has 0 unspecified atom stereocenters. The standard InChI is InChI=1S/C11H6NS2/c1-2-4-10-8(3-1)5-11(14-10)9-6-13-7-12-9/h1-6H. The number of benzene rings is 1. The highest BCUT2D eigenvalue weighted by Crippen LogP contribution is 2.32. The maximum atomic E-state index is 4.19. The van der Waals surface area contributed by atoms with Gasteiger partial charge in [-0.3, -0.25) is 0 Å². The lowest BCUT2D eigenvalue weighted by Crippen LogP contribution is -1.66. The van der Waals surface area contributed by atoms with E-state index in [0.717, 1.165) is 5.69 Å². The Morgan fingerprint density at radius 3 is 2.93 bits per heavy atom. The van der Waals surface area contributed by atoms with Gasteiger partial charge in [0.25, 0.3) is 0 Å². The zero-order valence-corrected chi connectivity index (χ0v) is 8.86. The van der Waals surface area contributed by atoms with Crippen LogP contribution < -0.4 is 0 Å². The van der Waals surface area contributed by atoms with Crippen LogP contribution in [0.3, 0.4) is 0 Å². The van der Waals surface area contributed by atoms with E-state index in [-0.39, 0.29) is 0 Å². The molecule has 1 nitrogen and oxygen atoms in total. The van der Waals surface area contributed by atoms with Gasteiger partial charge in [-0.05, 0) is 17.5 Å². The van der Waals surface area contributed by atoms with Crippen molar-refractivity contribution in [2.24, 2.45) is 0 Å². The van der Waals surface area contributed by atoms with Crippen LogP contribution in [0.1, 0.15) is 0 Å². The first-order valence-corrected chi connectivity index (χ1v) is 5.93. The molecule has 2 aromatic heterocycles. The van der Waals surface area contributed by atoms with Crippen molar-refractivity contribution in [3.63, 3.8) is 0 Å². The molecule has 1 radical (unpaired) electrons. The van der Waals surface area contributed by atoms with Crippen LogP contribution in [0.5, 0.6) is 0 Å². The molecule has 0 N–H and O–H groups in total. The molecule has 0 bridgehead atoms. The van der Waals surface area contributed by atoms with E-state index >= 15 is 0 Å². The molecule has 0 spiro atoms. The van der Waals surface area contributed by atoms with Crippen molar-refractivity contribution < 1.29 is 0 Å². The molecule has 2 heterocycles. The summed E-state index contributed by atoms with van der Waals surface area (Å²) in [6.07, 6.45) is 0. The van der Waals surface area contributed by atoms with Gasteiger partial charge < -0.3 is 0 Å². The van der Waals surface area contributed by atoms with Gasteiger partial charge in [0, 0.05) is 10.1 Å². The van der Waals surface area contributed by atoms with Crippen molar-refractivity contribution in [1.29, 1.82) is 0 Å². The highest BCUT2D eigenvalue weighted by molar-refractivity contribution is 7.22. The van der Waals surface area contributed by atoms with Crippen molar-refractivity contribution in [1.82, 2.24) is 4.98 Å². The minimum absolute atomic E-state index is 1.04. The van der Waals surface area contributed by atoms with Crippen LogP contribution >= 0.6 is 22.7 Å². The van der Waals surface area contributed by atoms with E-state index < -0.39 is 0 Å². The largest absolute Gasteiger partial charge is 0.233 e. The van der Waals surface area contributed by atoms with Gasteiger partial charge in [0.15, 0.2) is 5.51 Å². The minimum Gasteiger partial charge on any atom is -0.233 e. The van der Waals surface area contributed by atoms with E-state index in [1.54, 1.807) is 11.3 Å². The lowest BCUT2D eigenvalue weighted by atomic mass is 10.2. The molecule has 1 aromatic carbocycles. The van der Waals surface area contributed by atoms with Crippen LogP contribution in [0.25, 0.3) is 20.7 Å². The van der Waals surface area contributed by atoms with Crippen LogP contribution in [-0.4, -0.2) is 4.98 Å². The number of hydrogen-bond donors (Lipinski definition) is 0. The summed E-state index contributed by atoms with van der Waals surface area (Å²) < 4.78 is 1.32. The third-order valence-corrected chi connectivity index (χ3v) is 3.74. The summed E-state index contributed by atoms with van der Waals surface area (Å²) in [4.78, 5) is 5.41. The van der Waals surface area contributed by atoms with Gasteiger partial charge in [-0.15, -0.1) is 22.7 Å². The first kappa shape index (κ1) is 8.15. The van der Waals surface area contributed by atoms with Crippen molar-refractivity contribution >= 4 is 32.8 Å². The first-order chi connectivity index (χ1) is 6.93. The molecule has 0 saturated carbocycles. The molecule has 0 saturated heterocycles.